The maximum absolute atomic E-state index is 5.44. The highest BCUT2D eigenvalue weighted by Gasteiger charge is 2.38. The molecule has 0 spiro atoms. The van der Waals surface area contributed by atoms with Crippen molar-refractivity contribution in [2.45, 2.75) is 58.9 Å². The Hall–Kier alpha value is -1.09. The van der Waals surface area contributed by atoms with Crippen LogP contribution in [-0.2, 0) is 0 Å². The fourth-order valence-electron chi connectivity index (χ4n) is 4.08. The first-order valence-corrected chi connectivity index (χ1v) is 8.60. The lowest BCUT2D eigenvalue weighted by Crippen LogP contribution is -2.50. The number of hydrogen-bond acceptors (Lipinski definition) is 3. The number of hydrogen-bond donors (Lipinski definition) is 0. The van der Waals surface area contributed by atoms with Crippen molar-refractivity contribution < 1.29 is 4.52 Å². The zero-order valence-corrected chi connectivity index (χ0v) is 13.6. The van der Waals surface area contributed by atoms with E-state index in [1.807, 2.05) is 6.92 Å². The van der Waals surface area contributed by atoms with Crippen LogP contribution in [0.1, 0.15) is 57.4 Å². The fourth-order valence-corrected chi connectivity index (χ4v) is 4.08. The summed E-state index contributed by atoms with van der Waals surface area (Å²) >= 11 is 0. The number of rotatable bonds is 5. The van der Waals surface area contributed by atoms with Crippen LogP contribution < -0.4 is 0 Å². The van der Waals surface area contributed by atoms with Gasteiger partial charge in [-0.3, -0.25) is 4.90 Å². The summed E-state index contributed by atoms with van der Waals surface area (Å²) in [7, 11) is 0. The smallest absolute Gasteiger partial charge is 0.159 e. The topological polar surface area (TPSA) is 29.3 Å². The second kappa shape index (κ2) is 6.35. The average Bonchev–Trinajstić information content (AvgIpc) is 2.92. The summed E-state index contributed by atoms with van der Waals surface area (Å²) in [5, 5.41) is 4.03. The maximum atomic E-state index is 5.44. The molecule has 3 aliphatic heterocycles. The molecule has 1 unspecified atom stereocenters. The fraction of sp³-hybridized carbons (Fsp3) is 0.722. The molecule has 0 saturated carbocycles. The summed E-state index contributed by atoms with van der Waals surface area (Å²) in [4.78, 5) is 2.70. The van der Waals surface area contributed by atoms with Gasteiger partial charge in [0.1, 0.15) is 0 Å². The van der Waals surface area contributed by atoms with Crippen LogP contribution >= 0.6 is 0 Å². The van der Waals surface area contributed by atoms with Gasteiger partial charge in [0.2, 0.25) is 0 Å². The zero-order valence-electron chi connectivity index (χ0n) is 13.6. The second-order valence-electron chi connectivity index (χ2n) is 6.76. The van der Waals surface area contributed by atoms with Crippen LogP contribution in [0.3, 0.4) is 0 Å². The van der Waals surface area contributed by atoms with E-state index in [0.29, 0.717) is 6.04 Å². The number of piperidine rings is 3. The molecule has 0 radical (unpaired) electrons. The van der Waals surface area contributed by atoms with Crippen LogP contribution in [0.2, 0.25) is 0 Å². The van der Waals surface area contributed by atoms with Crippen molar-refractivity contribution >= 4 is 6.08 Å². The molecule has 4 heterocycles. The molecule has 0 amide bonds. The van der Waals surface area contributed by atoms with E-state index in [2.05, 4.69) is 36.0 Å². The van der Waals surface area contributed by atoms with E-state index in [1.165, 1.54) is 45.2 Å². The lowest BCUT2D eigenvalue weighted by atomic mass is 9.75. The number of aromatic nitrogens is 1. The van der Waals surface area contributed by atoms with E-state index in [4.69, 9.17) is 4.52 Å². The molecular formula is C18H28N2O. The molecule has 3 heteroatoms. The van der Waals surface area contributed by atoms with Crippen molar-refractivity contribution in [2.75, 3.05) is 13.1 Å². The van der Waals surface area contributed by atoms with Crippen LogP contribution in [0, 0.1) is 18.8 Å². The summed E-state index contributed by atoms with van der Waals surface area (Å²) in [6, 6.07) is 2.69. The molecule has 4 rings (SSSR count). The third-order valence-electron chi connectivity index (χ3n) is 5.49. The van der Waals surface area contributed by atoms with Crippen LogP contribution in [0.4, 0.5) is 0 Å². The molecule has 21 heavy (non-hydrogen) atoms. The normalized spacial score (nSPS) is 30.5. The summed E-state index contributed by atoms with van der Waals surface area (Å²) in [5.74, 6) is 2.54. The Kier molecular flexibility index (Phi) is 4.48. The molecule has 0 aromatic carbocycles. The van der Waals surface area contributed by atoms with Gasteiger partial charge >= 0.3 is 0 Å². The zero-order chi connectivity index (χ0) is 14.8. The summed E-state index contributed by atoms with van der Waals surface area (Å²) in [6.07, 6.45) is 8.82. The Labute approximate surface area is 128 Å². The SMILES string of the molecule is CCC(CC)CC1/C(=C\c2cc(C)no2)C2CCN1CC2. The molecule has 3 nitrogen and oxygen atoms in total. The predicted molar refractivity (Wildman–Crippen MR) is 86.0 cm³/mol. The number of fused-ring (bicyclic) bond motifs is 3. The minimum atomic E-state index is 0.632. The molecule has 3 aliphatic rings. The molecule has 2 bridgehead atoms. The highest BCUT2D eigenvalue weighted by molar-refractivity contribution is 5.51. The van der Waals surface area contributed by atoms with E-state index >= 15 is 0 Å². The van der Waals surface area contributed by atoms with E-state index in [0.717, 1.165) is 23.3 Å². The standard InChI is InChI=1S/C18H28N2O/c1-4-14(5-2)11-18-17(12-16-10-13(3)19-21-16)15-6-8-20(18)9-7-15/h10,12,14-15,18H,4-9,11H2,1-3H3/b17-12-. The molecule has 116 valence electrons. The molecule has 1 aromatic heterocycles. The van der Waals surface area contributed by atoms with E-state index in [-0.39, 0.29) is 0 Å². The van der Waals surface area contributed by atoms with Gasteiger partial charge in [-0.05, 0) is 62.8 Å². The first-order chi connectivity index (χ1) is 10.2. The number of aryl methyl sites for hydroxylation is 1. The van der Waals surface area contributed by atoms with Crippen molar-refractivity contribution in [2.24, 2.45) is 11.8 Å². The van der Waals surface area contributed by atoms with Crippen LogP contribution in [0.15, 0.2) is 16.2 Å². The molecule has 1 aromatic rings. The Morgan fingerprint density at radius 1 is 1.33 bits per heavy atom. The van der Waals surface area contributed by atoms with Gasteiger partial charge in [0, 0.05) is 12.1 Å². The third kappa shape index (κ3) is 3.08. The molecule has 0 N–H and O–H groups in total. The van der Waals surface area contributed by atoms with Gasteiger partial charge in [-0.1, -0.05) is 31.8 Å². The Bertz CT molecular complexity index is 493. The lowest BCUT2D eigenvalue weighted by molar-refractivity contribution is 0.0881. The lowest BCUT2D eigenvalue weighted by Gasteiger charge is -2.48. The van der Waals surface area contributed by atoms with Crippen LogP contribution in [-0.4, -0.2) is 29.2 Å². The minimum absolute atomic E-state index is 0.632. The first kappa shape index (κ1) is 14.8. The van der Waals surface area contributed by atoms with E-state index < -0.39 is 0 Å². The minimum Gasteiger partial charge on any atom is -0.357 e. The van der Waals surface area contributed by atoms with Gasteiger partial charge in [-0.15, -0.1) is 0 Å². The second-order valence-corrected chi connectivity index (χ2v) is 6.76. The van der Waals surface area contributed by atoms with Crippen molar-refractivity contribution in [3.8, 4) is 0 Å². The van der Waals surface area contributed by atoms with Gasteiger partial charge in [-0.2, -0.15) is 0 Å². The Balaban J connectivity index is 1.85. The highest BCUT2D eigenvalue weighted by Crippen LogP contribution is 2.40. The van der Waals surface area contributed by atoms with Gasteiger partial charge in [-0.25, -0.2) is 0 Å². The molecule has 0 aliphatic carbocycles. The summed E-state index contributed by atoms with van der Waals surface area (Å²) in [5.41, 5.74) is 2.58. The molecule has 1 atom stereocenters. The van der Waals surface area contributed by atoms with E-state index in [9.17, 15) is 0 Å². The van der Waals surface area contributed by atoms with Crippen molar-refractivity contribution in [3.05, 3.63) is 23.1 Å². The van der Waals surface area contributed by atoms with Crippen molar-refractivity contribution in [3.63, 3.8) is 0 Å². The summed E-state index contributed by atoms with van der Waals surface area (Å²) in [6.45, 7) is 9.20. The van der Waals surface area contributed by atoms with Crippen LogP contribution in [0.25, 0.3) is 6.08 Å². The highest BCUT2D eigenvalue weighted by atomic mass is 16.5. The Morgan fingerprint density at radius 3 is 2.62 bits per heavy atom. The molecule has 3 fully saturated rings. The Morgan fingerprint density at radius 2 is 2.05 bits per heavy atom. The third-order valence-corrected chi connectivity index (χ3v) is 5.49. The molecule has 3 saturated heterocycles. The van der Waals surface area contributed by atoms with Crippen molar-refractivity contribution in [1.82, 2.24) is 10.1 Å². The predicted octanol–water partition coefficient (Wildman–Crippen LogP) is 4.29. The van der Waals surface area contributed by atoms with Crippen molar-refractivity contribution in [1.29, 1.82) is 0 Å². The number of nitrogens with zero attached hydrogens (tertiary/aromatic N) is 2. The summed E-state index contributed by atoms with van der Waals surface area (Å²) < 4.78 is 5.44. The monoisotopic (exact) mass is 288 g/mol. The largest absolute Gasteiger partial charge is 0.357 e. The quantitative estimate of drug-likeness (QED) is 0.809. The maximum Gasteiger partial charge on any atom is 0.159 e. The van der Waals surface area contributed by atoms with Gasteiger partial charge in [0.25, 0.3) is 0 Å². The average molecular weight is 288 g/mol. The van der Waals surface area contributed by atoms with Gasteiger partial charge in [0.15, 0.2) is 5.76 Å². The van der Waals surface area contributed by atoms with Gasteiger partial charge < -0.3 is 4.52 Å². The van der Waals surface area contributed by atoms with E-state index in [1.54, 1.807) is 5.57 Å². The first-order valence-electron chi connectivity index (χ1n) is 8.60. The van der Waals surface area contributed by atoms with Gasteiger partial charge in [0.05, 0.1) is 5.69 Å². The van der Waals surface area contributed by atoms with Crippen LogP contribution in [0.5, 0.6) is 0 Å². The molecular weight excluding hydrogens is 260 g/mol.